The number of methoxy groups -OCH3 is 1. The molecule has 0 unspecified atom stereocenters. The lowest BCUT2D eigenvalue weighted by Crippen LogP contribution is -2.32. The summed E-state index contributed by atoms with van der Waals surface area (Å²) in [5, 5.41) is 3.74. The summed E-state index contributed by atoms with van der Waals surface area (Å²) in [6, 6.07) is 24.8. The summed E-state index contributed by atoms with van der Waals surface area (Å²) in [7, 11) is -2.57. The second-order valence-corrected chi connectivity index (χ2v) is 11.0. The first-order valence-electron chi connectivity index (χ1n) is 11.3. The van der Waals surface area contributed by atoms with Crippen molar-refractivity contribution in [1.82, 2.24) is 0 Å². The van der Waals surface area contributed by atoms with Gasteiger partial charge in [-0.3, -0.25) is 9.10 Å². The van der Waals surface area contributed by atoms with Crippen molar-refractivity contribution in [1.29, 1.82) is 0 Å². The fourth-order valence-corrected chi connectivity index (χ4v) is 5.51. The fourth-order valence-electron chi connectivity index (χ4n) is 3.74. The topological polar surface area (TPSA) is 75.7 Å². The molecule has 9 heteroatoms. The molecule has 0 aliphatic heterocycles. The molecule has 0 aliphatic carbocycles. The van der Waals surface area contributed by atoms with Crippen molar-refractivity contribution >= 4 is 50.5 Å². The Labute approximate surface area is 226 Å². The van der Waals surface area contributed by atoms with E-state index in [-0.39, 0.29) is 22.7 Å². The number of ether oxygens (including phenoxy) is 1. The Kier molecular flexibility index (Phi) is 8.07. The number of rotatable bonds is 8. The summed E-state index contributed by atoms with van der Waals surface area (Å²) >= 11 is 12.2. The Hall–Kier alpha value is -3.52. The van der Waals surface area contributed by atoms with Crippen LogP contribution in [0.5, 0.6) is 5.75 Å². The van der Waals surface area contributed by atoms with Gasteiger partial charge in [0, 0.05) is 10.0 Å². The molecule has 0 spiro atoms. The molecule has 0 aromatic heterocycles. The molecule has 6 nitrogen and oxygen atoms in total. The number of benzene rings is 4. The number of anilines is 2. The third-order valence-electron chi connectivity index (χ3n) is 5.68. The molecule has 4 aromatic rings. The molecule has 0 radical (unpaired) electrons. The van der Waals surface area contributed by atoms with E-state index in [4.69, 9.17) is 27.9 Å². The summed E-state index contributed by atoms with van der Waals surface area (Å²) in [4.78, 5) is 13.6. The Balaban J connectivity index is 1.80. The van der Waals surface area contributed by atoms with Crippen LogP contribution in [0.15, 0.2) is 95.9 Å². The zero-order valence-electron chi connectivity index (χ0n) is 20.1. The maximum atomic E-state index is 13.9. The largest absolute Gasteiger partial charge is 0.495 e. The van der Waals surface area contributed by atoms with Gasteiger partial charge < -0.3 is 10.1 Å². The summed E-state index contributed by atoms with van der Waals surface area (Å²) in [5.74, 6) is -0.100. The van der Waals surface area contributed by atoms with Gasteiger partial charge in [-0.2, -0.15) is 0 Å². The molecule has 4 aromatic carbocycles. The van der Waals surface area contributed by atoms with Crippen LogP contribution >= 0.6 is 23.2 Å². The molecule has 0 fully saturated rings. The van der Waals surface area contributed by atoms with Gasteiger partial charge in [-0.15, -0.1) is 0 Å². The number of para-hydroxylation sites is 1. The summed E-state index contributed by atoms with van der Waals surface area (Å²) in [6.07, 6.45) is 0. The molecule has 0 saturated carbocycles. The molecule has 37 heavy (non-hydrogen) atoms. The van der Waals surface area contributed by atoms with E-state index >= 15 is 0 Å². The molecule has 0 atom stereocenters. The maximum Gasteiger partial charge on any atom is 0.264 e. The molecule has 4 rings (SSSR count). The van der Waals surface area contributed by atoms with E-state index < -0.39 is 15.9 Å². The van der Waals surface area contributed by atoms with Crippen LogP contribution in [-0.4, -0.2) is 21.4 Å². The van der Waals surface area contributed by atoms with Crippen LogP contribution in [0.25, 0.3) is 0 Å². The van der Waals surface area contributed by atoms with Gasteiger partial charge in [0.15, 0.2) is 0 Å². The van der Waals surface area contributed by atoms with Crippen molar-refractivity contribution in [3.8, 4) is 5.75 Å². The van der Waals surface area contributed by atoms with Crippen LogP contribution in [0.3, 0.4) is 0 Å². The monoisotopic (exact) mass is 554 g/mol. The number of halogens is 2. The van der Waals surface area contributed by atoms with Crippen LogP contribution in [0, 0.1) is 6.92 Å². The third kappa shape index (κ3) is 6.07. The Bertz CT molecular complexity index is 1520. The number of carbonyl (C=O) groups excluding carboxylic acids is 1. The van der Waals surface area contributed by atoms with Crippen LogP contribution in [0.2, 0.25) is 10.0 Å². The summed E-state index contributed by atoms with van der Waals surface area (Å²) < 4.78 is 34.4. The summed E-state index contributed by atoms with van der Waals surface area (Å²) in [6.45, 7) is 1.86. The van der Waals surface area contributed by atoms with Gasteiger partial charge in [0.05, 0.1) is 35.5 Å². The van der Waals surface area contributed by atoms with Gasteiger partial charge >= 0.3 is 0 Å². The quantitative estimate of drug-likeness (QED) is 0.255. The summed E-state index contributed by atoms with van der Waals surface area (Å²) in [5.41, 5.74) is 2.37. The minimum Gasteiger partial charge on any atom is -0.495 e. The third-order valence-corrected chi connectivity index (χ3v) is 7.94. The number of nitrogens with one attached hydrogen (secondary N) is 1. The van der Waals surface area contributed by atoms with E-state index in [0.717, 1.165) is 5.56 Å². The van der Waals surface area contributed by atoms with Gasteiger partial charge in [0.2, 0.25) is 0 Å². The standard InChI is InChI=1S/C28H24Cl2N2O4S/c1-19-7-14-23(15-8-19)37(34,35)32(18-20-9-11-21(29)12-10-20)26-6-4-3-5-24(26)28(33)31-25-17-22(30)13-16-27(25)36-2/h3-17H,18H2,1-2H3,(H,31,33). The number of hydrogen-bond acceptors (Lipinski definition) is 4. The Morgan fingerprint density at radius 2 is 1.54 bits per heavy atom. The molecular weight excluding hydrogens is 531 g/mol. The predicted molar refractivity (Wildman–Crippen MR) is 148 cm³/mol. The highest BCUT2D eigenvalue weighted by molar-refractivity contribution is 7.92. The van der Waals surface area contributed by atoms with Gasteiger partial charge in [0.25, 0.3) is 15.9 Å². The molecule has 0 heterocycles. The molecule has 190 valence electrons. The van der Waals surface area contributed by atoms with E-state index in [1.807, 2.05) is 6.92 Å². The second kappa shape index (κ2) is 11.3. The SMILES string of the molecule is COc1ccc(Cl)cc1NC(=O)c1ccccc1N(Cc1ccc(Cl)cc1)S(=O)(=O)c1ccc(C)cc1. The maximum absolute atomic E-state index is 13.9. The first-order valence-corrected chi connectivity index (χ1v) is 13.5. The van der Waals surface area contributed by atoms with Gasteiger partial charge in [-0.05, 0) is 67.1 Å². The minimum absolute atomic E-state index is 0.0157. The molecule has 0 aliphatic rings. The minimum atomic E-state index is -4.05. The van der Waals surface area contributed by atoms with E-state index in [0.29, 0.717) is 27.0 Å². The average Bonchev–Trinajstić information content (AvgIpc) is 2.88. The molecule has 0 saturated heterocycles. The van der Waals surface area contributed by atoms with Gasteiger partial charge in [-0.25, -0.2) is 8.42 Å². The molecule has 1 N–H and O–H groups in total. The van der Waals surface area contributed by atoms with Crippen LogP contribution < -0.4 is 14.4 Å². The first-order chi connectivity index (χ1) is 17.7. The van der Waals surface area contributed by atoms with Crippen molar-refractivity contribution in [2.24, 2.45) is 0 Å². The lowest BCUT2D eigenvalue weighted by Gasteiger charge is -2.27. The van der Waals surface area contributed by atoms with Crippen LogP contribution in [-0.2, 0) is 16.6 Å². The number of sulfonamides is 1. The highest BCUT2D eigenvalue weighted by Crippen LogP contribution is 2.32. The van der Waals surface area contributed by atoms with Crippen molar-refractivity contribution < 1.29 is 17.9 Å². The molecule has 1 amide bonds. The van der Waals surface area contributed by atoms with E-state index in [1.165, 1.54) is 11.4 Å². The zero-order chi connectivity index (χ0) is 26.6. The highest BCUT2D eigenvalue weighted by atomic mass is 35.5. The number of aryl methyl sites for hydroxylation is 1. The number of hydrogen-bond donors (Lipinski definition) is 1. The lowest BCUT2D eigenvalue weighted by molar-refractivity contribution is 0.102. The van der Waals surface area contributed by atoms with Gasteiger partial charge in [-0.1, -0.05) is 65.2 Å². The first kappa shape index (κ1) is 26.5. The van der Waals surface area contributed by atoms with Crippen molar-refractivity contribution in [3.63, 3.8) is 0 Å². The van der Waals surface area contributed by atoms with Gasteiger partial charge in [0.1, 0.15) is 5.75 Å². The molecular formula is C28H24Cl2N2O4S. The Morgan fingerprint density at radius 1 is 0.892 bits per heavy atom. The van der Waals surface area contributed by atoms with E-state index in [9.17, 15) is 13.2 Å². The number of nitrogens with zero attached hydrogens (tertiary/aromatic N) is 1. The normalized spacial score (nSPS) is 11.1. The second-order valence-electron chi connectivity index (χ2n) is 8.27. The van der Waals surface area contributed by atoms with Crippen LogP contribution in [0.4, 0.5) is 11.4 Å². The van der Waals surface area contributed by atoms with Crippen LogP contribution in [0.1, 0.15) is 21.5 Å². The highest BCUT2D eigenvalue weighted by Gasteiger charge is 2.29. The van der Waals surface area contributed by atoms with Crippen molar-refractivity contribution in [2.75, 3.05) is 16.7 Å². The van der Waals surface area contributed by atoms with Crippen molar-refractivity contribution in [3.05, 3.63) is 118 Å². The van der Waals surface area contributed by atoms with Crippen molar-refractivity contribution in [2.45, 2.75) is 18.4 Å². The predicted octanol–water partition coefficient (Wildman–Crippen LogP) is 6.96. The van der Waals surface area contributed by atoms with E-state index in [1.54, 1.807) is 91.0 Å². The average molecular weight is 555 g/mol. The fraction of sp³-hybridized carbons (Fsp3) is 0.107. The number of carbonyl (C=O) groups is 1. The zero-order valence-corrected chi connectivity index (χ0v) is 22.4. The molecule has 0 bridgehead atoms. The Morgan fingerprint density at radius 3 is 2.22 bits per heavy atom. The van der Waals surface area contributed by atoms with E-state index in [2.05, 4.69) is 5.32 Å². The lowest BCUT2D eigenvalue weighted by atomic mass is 10.1. The number of amides is 1. The smallest absolute Gasteiger partial charge is 0.264 e.